The van der Waals surface area contributed by atoms with E-state index < -0.39 is 9.84 Å². The Morgan fingerprint density at radius 2 is 2.05 bits per heavy atom. The molecule has 6 heteroatoms. The van der Waals surface area contributed by atoms with Gasteiger partial charge in [-0.05, 0) is 31.5 Å². The average Bonchev–Trinajstić information content (AvgIpc) is 2.58. The van der Waals surface area contributed by atoms with E-state index in [1.165, 1.54) is 6.92 Å². The maximum Gasteiger partial charge on any atom is 0.161 e. The van der Waals surface area contributed by atoms with Crippen molar-refractivity contribution in [1.29, 1.82) is 5.26 Å². The number of benzene rings is 1. The van der Waals surface area contributed by atoms with Gasteiger partial charge < -0.3 is 4.90 Å². The SMILES string of the molecule is CC(=O)c1ccc(C#N)cc1N1CCCS(=O)(=O)CC1. The van der Waals surface area contributed by atoms with Gasteiger partial charge in [0, 0.05) is 24.3 Å². The molecule has 0 saturated carbocycles. The largest absolute Gasteiger partial charge is 0.370 e. The van der Waals surface area contributed by atoms with E-state index in [0.29, 0.717) is 36.3 Å². The lowest BCUT2D eigenvalue weighted by molar-refractivity contribution is 0.101. The highest BCUT2D eigenvalue weighted by Crippen LogP contribution is 2.24. The normalized spacial score (nSPS) is 18.1. The first-order valence-corrected chi connectivity index (χ1v) is 8.25. The van der Waals surface area contributed by atoms with Gasteiger partial charge in [-0.3, -0.25) is 4.79 Å². The number of rotatable bonds is 2. The van der Waals surface area contributed by atoms with Crippen LogP contribution in [-0.4, -0.2) is 38.8 Å². The van der Waals surface area contributed by atoms with Gasteiger partial charge in [0.25, 0.3) is 0 Å². The molecular weight excluding hydrogens is 276 g/mol. The van der Waals surface area contributed by atoms with E-state index in [0.717, 1.165) is 0 Å². The number of ketones is 1. The molecule has 2 rings (SSSR count). The number of nitriles is 1. The molecule has 1 aliphatic rings. The van der Waals surface area contributed by atoms with Crippen LogP contribution in [0, 0.1) is 11.3 Å². The number of hydrogen-bond donors (Lipinski definition) is 0. The summed E-state index contributed by atoms with van der Waals surface area (Å²) in [5.74, 6) is 0.175. The highest BCUT2D eigenvalue weighted by molar-refractivity contribution is 7.91. The van der Waals surface area contributed by atoms with Gasteiger partial charge >= 0.3 is 0 Å². The molecule has 1 heterocycles. The molecule has 20 heavy (non-hydrogen) atoms. The number of hydrogen-bond acceptors (Lipinski definition) is 5. The van der Waals surface area contributed by atoms with Gasteiger partial charge in [-0.2, -0.15) is 5.26 Å². The third-order valence-corrected chi connectivity index (χ3v) is 5.12. The van der Waals surface area contributed by atoms with Gasteiger partial charge in [0.2, 0.25) is 0 Å². The number of carbonyl (C=O) groups excluding carboxylic acids is 1. The first-order valence-electron chi connectivity index (χ1n) is 6.43. The molecule has 0 aliphatic carbocycles. The minimum Gasteiger partial charge on any atom is -0.370 e. The number of anilines is 1. The van der Waals surface area contributed by atoms with Crippen molar-refractivity contribution in [3.63, 3.8) is 0 Å². The topological polar surface area (TPSA) is 78.2 Å². The Bertz CT molecular complexity index is 674. The molecule has 0 amide bonds. The van der Waals surface area contributed by atoms with E-state index in [1.807, 2.05) is 11.0 Å². The number of sulfone groups is 1. The molecule has 0 unspecified atom stereocenters. The second-order valence-corrected chi connectivity index (χ2v) is 7.20. The fourth-order valence-electron chi connectivity index (χ4n) is 2.34. The molecule has 5 nitrogen and oxygen atoms in total. The lowest BCUT2D eigenvalue weighted by atomic mass is 10.1. The van der Waals surface area contributed by atoms with Crippen LogP contribution in [0.1, 0.15) is 29.3 Å². The molecule has 1 aliphatic heterocycles. The van der Waals surface area contributed by atoms with Crippen LogP contribution in [0.3, 0.4) is 0 Å². The van der Waals surface area contributed by atoms with Crippen LogP contribution in [0.25, 0.3) is 0 Å². The van der Waals surface area contributed by atoms with Crippen LogP contribution in [0.4, 0.5) is 5.69 Å². The van der Waals surface area contributed by atoms with Crippen LogP contribution in [0.2, 0.25) is 0 Å². The highest BCUT2D eigenvalue weighted by atomic mass is 32.2. The number of Topliss-reactive ketones (excluding diaryl/α,β-unsaturated/α-hetero) is 1. The first kappa shape index (κ1) is 14.5. The van der Waals surface area contributed by atoms with E-state index in [1.54, 1.807) is 18.2 Å². The third-order valence-electron chi connectivity index (χ3n) is 3.40. The van der Waals surface area contributed by atoms with Crippen molar-refractivity contribution in [3.05, 3.63) is 29.3 Å². The van der Waals surface area contributed by atoms with Crippen LogP contribution in [-0.2, 0) is 9.84 Å². The minimum absolute atomic E-state index is 0.0845. The standard InChI is InChI=1S/C14H16N2O3S/c1-11(17)13-4-3-12(10-15)9-14(13)16-5-2-7-20(18,19)8-6-16/h3-4,9H,2,5-8H2,1H3. The van der Waals surface area contributed by atoms with Crippen molar-refractivity contribution < 1.29 is 13.2 Å². The lowest BCUT2D eigenvalue weighted by Crippen LogP contribution is -2.28. The van der Waals surface area contributed by atoms with E-state index in [9.17, 15) is 13.2 Å². The third kappa shape index (κ3) is 3.17. The molecular formula is C14H16N2O3S. The number of carbonyl (C=O) groups is 1. The first-order chi connectivity index (χ1) is 9.43. The Balaban J connectivity index is 2.40. The zero-order valence-corrected chi connectivity index (χ0v) is 12.1. The highest BCUT2D eigenvalue weighted by Gasteiger charge is 2.22. The summed E-state index contributed by atoms with van der Waals surface area (Å²) in [7, 11) is -3.00. The molecule has 0 aromatic heterocycles. The summed E-state index contributed by atoms with van der Waals surface area (Å²) in [6.45, 7) is 2.41. The van der Waals surface area contributed by atoms with E-state index >= 15 is 0 Å². The smallest absolute Gasteiger partial charge is 0.161 e. The Labute approximate surface area is 118 Å². The molecule has 0 atom stereocenters. The molecule has 0 radical (unpaired) electrons. The fraction of sp³-hybridized carbons (Fsp3) is 0.429. The Kier molecular flexibility index (Phi) is 4.09. The number of nitrogens with zero attached hydrogens (tertiary/aromatic N) is 2. The van der Waals surface area contributed by atoms with Gasteiger partial charge in [0.05, 0.1) is 23.1 Å². The van der Waals surface area contributed by atoms with E-state index in [-0.39, 0.29) is 17.3 Å². The summed E-state index contributed by atoms with van der Waals surface area (Å²) in [5, 5.41) is 8.98. The second-order valence-electron chi connectivity index (χ2n) is 4.89. The Morgan fingerprint density at radius 3 is 2.70 bits per heavy atom. The Morgan fingerprint density at radius 1 is 1.30 bits per heavy atom. The quantitative estimate of drug-likeness (QED) is 0.770. The van der Waals surface area contributed by atoms with Gasteiger partial charge in [0.15, 0.2) is 15.6 Å². The van der Waals surface area contributed by atoms with Crippen molar-refractivity contribution in [2.24, 2.45) is 0 Å². The summed E-state index contributed by atoms with van der Waals surface area (Å²) in [5.41, 5.74) is 1.66. The van der Waals surface area contributed by atoms with Crippen molar-refractivity contribution >= 4 is 21.3 Å². The lowest BCUT2D eigenvalue weighted by Gasteiger charge is -2.24. The van der Waals surface area contributed by atoms with Crippen molar-refractivity contribution in [3.8, 4) is 6.07 Å². The molecule has 1 aromatic carbocycles. The zero-order chi connectivity index (χ0) is 14.8. The maximum absolute atomic E-state index is 11.7. The molecule has 1 aromatic rings. The van der Waals surface area contributed by atoms with Gasteiger partial charge in [-0.15, -0.1) is 0 Å². The van der Waals surface area contributed by atoms with Gasteiger partial charge in [-0.1, -0.05) is 0 Å². The average molecular weight is 292 g/mol. The van der Waals surface area contributed by atoms with Crippen LogP contribution < -0.4 is 4.90 Å². The molecule has 1 saturated heterocycles. The van der Waals surface area contributed by atoms with Crippen LogP contribution >= 0.6 is 0 Å². The maximum atomic E-state index is 11.7. The van der Waals surface area contributed by atoms with Gasteiger partial charge in [-0.25, -0.2) is 8.42 Å². The zero-order valence-electron chi connectivity index (χ0n) is 11.3. The van der Waals surface area contributed by atoms with Gasteiger partial charge in [0.1, 0.15) is 0 Å². The molecule has 0 N–H and O–H groups in total. The summed E-state index contributed by atoms with van der Waals surface area (Å²) in [6, 6.07) is 6.95. The second kappa shape index (κ2) is 5.63. The molecule has 0 bridgehead atoms. The molecule has 1 fully saturated rings. The van der Waals surface area contributed by atoms with Crippen LogP contribution in [0.5, 0.6) is 0 Å². The summed E-state index contributed by atoms with van der Waals surface area (Å²) >= 11 is 0. The molecule has 0 spiro atoms. The predicted molar refractivity (Wildman–Crippen MR) is 76.6 cm³/mol. The van der Waals surface area contributed by atoms with Crippen LogP contribution in [0.15, 0.2) is 18.2 Å². The summed E-state index contributed by atoms with van der Waals surface area (Å²) in [6.07, 6.45) is 0.538. The van der Waals surface area contributed by atoms with Crippen molar-refractivity contribution in [1.82, 2.24) is 0 Å². The summed E-state index contributed by atoms with van der Waals surface area (Å²) in [4.78, 5) is 13.6. The van der Waals surface area contributed by atoms with E-state index in [4.69, 9.17) is 5.26 Å². The minimum atomic E-state index is -3.00. The Hall–Kier alpha value is -1.87. The molecule has 106 valence electrons. The predicted octanol–water partition coefficient (Wildman–Crippen LogP) is 1.39. The van der Waals surface area contributed by atoms with Crippen molar-refractivity contribution in [2.75, 3.05) is 29.5 Å². The fourth-order valence-corrected chi connectivity index (χ4v) is 3.61. The van der Waals surface area contributed by atoms with Crippen molar-refractivity contribution in [2.45, 2.75) is 13.3 Å². The summed E-state index contributed by atoms with van der Waals surface area (Å²) < 4.78 is 23.3. The monoisotopic (exact) mass is 292 g/mol. The van der Waals surface area contributed by atoms with E-state index in [2.05, 4.69) is 0 Å².